The zero-order valence-electron chi connectivity index (χ0n) is 11.0. The third-order valence-corrected chi connectivity index (χ3v) is 3.60. The van der Waals surface area contributed by atoms with Crippen LogP contribution in [-0.2, 0) is 5.88 Å². The van der Waals surface area contributed by atoms with Crippen molar-refractivity contribution in [3.8, 4) is 0 Å². The summed E-state index contributed by atoms with van der Waals surface area (Å²) in [5.41, 5.74) is 1.65. The van der Waals surface area contributed by atoms with E-state index >= 15 is 0 Å². The quantitative estimate of drug-likeness (QED) is 0.746. The number of nitrogens with zero attached hydrogens (tertiary/aromatic N) is 2. The van der Waals surface area contributed by atoms with Gasteiger partial charge in [0.2, 0.25) is 0 Å². The fraction of sp³-hybridized carbons (Fsp3) is 0.500. The molecule has 0 bridgehead atoms. The van der Waals surface area contributed by atoms with Crippen molar-refractivity contribution >= 4 is 22.6 Å². The molecule has 1 unspecified atom stereocenters. The van der Waals surface area contributed by atoms with Gasteiger partial charge in [0, 0.05) is 6.04 Å². The average molecular weight is 269 g/mol. The molecule has 1 heterocycles. The highest BCUT2D eigenvalue weighted by Gasteiger charge is 2.20. The van der Waals surface area contributed by atoms with Gasteiger partial charge in [-0.3, -0.25) is 0 Å². The maximum Gasteiger partial charge on any atom is 0.125 e. The van der Waals surface area contributed by atoms with E-state index in [-0.39, 0.29) is 5.82 Å². The summed E-state index contributed by atoms with van der Waals surface area (Å²) >= 11 is 5.97. The smallest absolute Gasteiger partial charge is 0.125 e. The summed E-state index contributed by atoms with van der Waals surface area (Å²) in [6.07, 6.45) is 0.976. The van der Waals surface area contributed by atoms with Gasteiger partial charge < -0.3 is 4.57 Å². The topological polar surface area (TPSA) is 17.8 Å². The molecule has 2 rings (SSSR count). The Kier molecular flexibility index (Phi) is 3.91. The van der Waals surface area contributed by atoms with Crippen molar-refractivity contribution in [2.24, 2.45) is 5.92 Å². The van der Waals surface area contributed by atoms with E-state index < -0.39 is 0 Å². The maximum atomic E-state index is 13.4. The average Bonchev–Trinajstić information content (AvgIpc) is 2.68. The lowest BCUT2D eigenvalue weighted by molar-refractivity contribution is 0.367. The second-order valence-electron chi connectivity index (χ2n) is 4.88. The zero-order chi connectivity index (χ0) is 13.3. The fourth-order valence-electron chi connectivity index (χ4n) is 2.53. The van der Waals surface area contributed by atoms with E-state index in [0.29, 0.717) is 17.8 Å². The van der Waals surface area contributed by atoms with Gasteiger partial charge in [-0.25, -0.2) is 9.37 Å². The zero-order valence-corrected chi connectivity index (χ0v) is 11.7. The number of halogens is 2. The number of rotatable bonds is 4. The normalized spacial score (nSPS) is 13.4. The molecule has 2 nitrogen and oxygen atoms in total. The second-order valence-corrected chi connectivity index (χ2v) is 5.15. The third-order valence-electron chi connectivity index (χ3n) is 3.36. The van der Waals surface area contributed by atoms with Gasteiger partial charge >= 0.3 is 0 Å². The van der Waals surface area contributed by atoms with Crippen molar-refractivity contribution in [2.45, 2.75) is 39.1 Å². The Morgan fingerprint density at radius 2 is 2.11 bits per heavy atom. The molecule has 0 N–H and O–H groups in total. The largest absolute Gasteiger partial charge is 0.324 e. The van der Waals surface area contributed by atoms with Gasteiger partial charge in [-0.1, -0.05) is 20.8 Å². The monoisotopic (exact) mass is 268 g/mol. The lowest BCUT2D eigenvalue weighted by atomic mass is 10.0. The maximum absolute atomic E-state index is 13.4. The number of aromatic nitrogens is 2. The van der Waals surface area contributed by atoms with E-state index in [9.17, 15) is 4.39 Å². The van der Waals surface area contributed by atoms with E-state index in [1.54, 1.807) is 12.1 Å². The van der Waals surface area contributed by atoms with Crippen molar-refractivity contribution < 1.29 is 4.39 Å². The van der Waals surface area contributed by atoms with E-state index in [0.717, 1.165) is 23.3 Å². The molecule has 0 saturated carbocycles. The van der Waals surface area contributed by atoms with Crippen LogP contribution in [0.4, 0.5) is 4.39 Å². The molecule has 0 amide bonds. The summed E-state index contributed by atoms with van der Waals surface area (Å²) in [5.74, 6) is 1.39. The van der Waals surface area contributed by atoms with Crippen molar-refractivity contribution in [2.75, 3.05) is 0 Å². The molecule has 2 aromatic rings. The van der Waals surface area contributed by atoms with Crippen molar-refractivity contribution in [1.29, 1.82) is 0 Å². The first-order chi connectivity index (χ1) is 8.58. The van der Waals surface area contributed by atoms with Crippen LogP contribution < -0.4 is 0 Å². The molecule has 1 aromatic heterocycles. The summed E-state index contributed by atoms with van der Waals surface area (Å²) in [4.78, 5) is 4.49. The SMILES string of the molecule is CCC(C(C)C)n1c(CCl)nc2ccc(F)cc21. The predicted molar refractivity (Wildman–Crippen MR) is 73.4 cm³/mol. The molecule has 0 spiro atoms. The van der Waals surface area contributed by atoms with E-state index in [1.165, 1.54) is 6.07 Å². The standard InChI is InChI=1S/C14H18ClFN2/c1-4-12(9(2)3)18-13-7-10(16)5-6-11(13)17-14(18)8-15/h5-7,9,12H,4,8H2,1-3H3. The van der Waals surface area contributed by atoms with Crippen molar-refractivity contribution in [1.82, 2.24) is 9.55 Å². The summed E-state index contributed by atoms with van der Waals surface area (Å²) in [5, 5.41) is 0. The Labute approximate surface area is 112 Å². The van der Waals surface area contributed by atoms with Crippen molar-refractivity contribution in [3.63, 3.8) is 0 Å². The molecule has 0 fully saturated rings. The van der Waals surface area contributed by atoms with E-state index in [4.69, 9.17) is 11.6 Å². The van der Waals surface area contributed by atoms with Crippen LogP contribution in [0.25, 0.3) is 11.0 Å². The van der Waals surface area contributed by atoms with Crippen LogP contribution in [0.3, 0.4) is 0 Å². The number of benzene rings is 1. The minimum atomic E-state index is -0.233. The molecule has 18 heavy (non-hydrogen) atoms. The Morgan fingerprint density at radius 1 is 1.39 bits per heavy atom. The Morgan fingerprint density at radius 3 is 2.67 bits per heavy atom. The fourth-order valence-corrected chi connectivity index (χ4v) is 2.72. The minimum Gasteiger partial charge on any atom is -0.324 e. The van der Waals surface area contributed by atoms with Gasteiger partial charge in [0.15, 0.2) is 0 Å². The van der Waals surface area contributed by atoms with Crippen LogP contribution in [0.2, 0.25) is 0 Å². The van der Waals surface area contributed by atoms with Crippen LogP contribution in [0.1, 0.15) is 39.1 Å². The summed E-state index contributed by atoms with van der Waals surface area (Å²) in [7, 11) is 0. The molecule has 0 aliphatic carbocycles. The molecule has 98 valence electrons. The number of imidazole rings is 1. The summed E-state index contributed by atoms with van der Waals surface area (Å²) in [6.45, 7) is 6.46. The Bertz CT molecular complexity index is 548. The van der Waals surface area contributed by atoms with Crippen LogP contribution in [0, 0.1) is 11.7 Å². The Balaban J connectivity index is 2.68. The first-order valence-electron chi connectivity index (χ1n) is 6.30. The van der Waals surface area contributed by atoms with Crippen LogP contribution in [-0.4, -0.2) is 9.55 Å². The van der Waals surface area contributed by atoms with Crippen LogP contribution in [0.15, 0.2) is 18.2 Å². The summed E-state index contributed by atoms with van der Waals surface area (Å²) in [6, 6.07) is 4.99. The highest BCUT2D eigenvalue weighted by Crippen LogP contribution is 2.29. The predicted octanol–water partition coefficient (Wildman–Crippen LogP) is 4.52. The van der Waals surface area contributed by atoms with Gasteiger partial charge in [0.05, 0.1) is 16.9 Å². The van der Waals surface area contributed by atoms with Gasteiger partial charge in [-0.05, 0) is 30.5 Å². The molecule has 1 aromatic carbocycles. The number of hydrogen-bond acceptors (Lipinski definition) is 1. The first kappa shape index (κ1) is 13.3. The first-order valence-corrected chi connectivity index (χ1v) is 6.84. The number of alkyl halides is 1. The number of hydrogen-bond donors (Lipinski definition) is 0. The molecule has 4 heteroatoms. The van der Waals surface area contributed by atoms with Crippen molar-refractivity contribution in [3.05, 3.63) is 29.8 Å². The molecule has 1 atom stereocenters. The molecule has 0 aliphatic heterocycles. The van der Waals surface area contributed by atoms with Crippen LogP contribution in [0.5, 0.6) is 0 Å². The van der Waals surface area contributed by atoms with Crippen LogP contribution >= 0.6 is 11.6 Å². The third kappa shape index (κ3) is 2.24. The molecule has 0 radical (unpaired) electrons. The highest BCUT2D eigenvalue weighted by atomic mass is 35.5. The molecular formula is C14H18ClFN2. The summed E-state index contributed by atoms with van der Waals surface area (Å²) < 4.78 is 15.5. The molecule has 0 aliphatic rings. The van der Waals surface area contributed by atoms with Gasteiger partial charge in [0.1, 0.15) is 11.6 Å². The minimum absolute atomic E-state index is 0.233. The van der Waals surface area contributed by atoms with Gasteiger partial charge in [-0.15, -0.1) is 11.6 Å². The van der Waals surface area contributed by atoms with E-state index in [2.05, 4.69) is 30.3 Å². The van der Waals surface area contributed by atoms with E-state index in [1.807, 2.05) is 0 Å². The Hall–Kier alpha value is -1.09. The number of fused-ring (bicyclic) bond motifs is 1. The van der Waals surface area contributed by atoms with Gasteiger partial charge in [0.25, 0.3) is 0 Å². The lowest BCUT2D eigenvalue weighted by Crippen LogP contribution is -2.16. The van der Waals surface area contributed by atoms with Gasteiger partial charge in [-0.2, -0.15) is 0 Å². The highest BCUT2D eigenvalue weighted by molar-refractivity contribution is 6.16. The second kappa shape index (κ2) is 5.27. The molecular weight excluding hydrogens is 251 g/mol. The lowest BCUT2D eigenvalue weighted by Gasteiger charge is -2.23. The molecule has 0 saturated heterocycles.